The number of aromatic nitrogens is 2. The molecule has 2 aromatic carbocycles. The summed E-state index contributed by atoms with van der Waals surface area (Å²) in [7, 11) is 3.46. The molecule has 0 radical (unpaired) electrons. The normalized spacial score (nSPS) is 18.5. The molecule has 3 N–H and O–H groups in total. The number of pyridine rings is 2. The number of ether oxygens (including phenoxy) is 2. The number of carbonyl (C=O) groups is 1. The molecule has 2 aromatic heterocycles. The summed E-state index contributed by atoms with van der Waals surface area (Å²) >= 11 is 0. The molecule has 306 valence electrons. The maximum Gasteiger partial charge on any atom is 0.226 e. The summed E-state index contributed by atoms with van der Waals surface area (Å²) in [6.45, 7) is 11.8. The van der Waals surface area contributed by atoms with Crippen LogP contribution in [0.1, 0.15) is 50.2 Å². The zero-order chi connectivity index (χ0) is 39.9. The van der Waals surface area contributed by atoms with Crippen molar-refractivity contribution in [1.82, 2.24) is 25.1 Å². The molecule has 2 aliphatic heterocycles. The monoisotopic (exact) mass is 777 g/mol. The zero-order valence-electron chi connectivity index (χ0n) is 34.4. The van der Waals surface area contributed by atoms with Crippen molar-refractivity contribution in [2.75, 3.05) is 89.5 Å². The van der Waals surface area contributed by atoms with Crippen LogP contribution in [0.2, 0.25) is 0 Å². The molecule has 0 bridgehead atoms. The van der Waals surface area contributed by atoms with Crippen LogP contribution in [0.3, 0.4) is 0 Å². The van der Waals surface area contributed by atoms with Crippen molar-refractivity contribution in [1.29, 1.82) is 0 Å². The number of hydrogen-bond acceptors (Lipinski definition) is 10. The fourth-order valence-corrected chi connectivity index (χ4v) is 8.54. The fourth-order valence-electron chi connectivity index (χ4n) is 8.54. The highest BCUT2D eigenvalue weighted by Gasteiger charge is 2.36. The van der Waals surface area contributed by atoms with Crippen LogP contribution in [-0.2, 0) is 17.6 Å². The third-order valence-corrected chi connectivity index (χ3v) is 11.8. The Bertz CT molecular complexity index is 1770. The third kappa shape index (κ3) is 12.1. The minimum absolute atomic E-state index is 0.0817. The second-order valence-electron chi connectivity index (χ2n) is 16.1. The van der Waals surface area contributed by atoms with Gasteiger partial charge in [-0.2, -0.15) is 0 Å². The standard InChI is InChI=1S/C27H38N4O2.C19H26N4O/c1-27(12-6-3-7-13-27)26(32)29-23(19-22-9-8-14-28-20-22)21-30-15-17-31(18-16-30)24-10-4-5-11-25(24)33-2;1-24-19-7-3-2-6-18(19)23-11-9-22(10-12-23)15-17(20)13-16-5-4-8-21-14-16/h4-5,8-11,14,20,23H,3,6-7,12-13,15-19,21H2,1-2H3,(H,29,32);2-8,14,17H,9-13,15,20H2,1H3/t23-;17-/m11/s1. The Morgan fingerprint density at radius 2 is 1.18 bits per heavy atom. The van der Waals surface area contributed by atoms with Crippen molar-refractivity contribution in [3.05, 3.63) is 109 Å². The van der Waals surface area contributed by atoms with E-state index in [0.29, 0.717) is 0 Å². The van der Waals surface area contributed by atoms with Gasteiger partial charge in [-0.05, 0) is 73.2 Å². The van der Waals surface area contributed by atoms with Crippen LogP contribution in [-0.4, -0.2) is 117 Å². The SMILES string of the molecule is COc1ccccc1N1CCN(C[C@@H](Cc2cccnc2)NC(=O)C2(C)CCCCC2)CC1.COc1ccccc1N1CCN(C[C@H](N)Cc2cccnc2)CC1. The van der Waals surface area contributed by atoms with E-state index in [-0.39, 0.29) is 23.4 Å². The number of amides is 1. The Morgan fingerprint density at radius 1 is 0.684 bits per heavy atom. The van der Waals surface area contributed by atoms with Gasteiger partial charge >= 0.3 is 0 Å². The van der Waals surface area contributed by atoms with E-state index in [0.717, 1.165) is 121 Å². The van der Waals surface area contributed by atoms with Gasteiger partial charge in [-0.25, -0.2) is 0 Å². The highest BCUT2D eigenvalue weighted by molar-refractivity contribution is 5.82. The van der Waals surface area contributed by atoms with Gasteiger partial charge in [0.25, 0.3) is 0 Å². The van der Waals surface area contributed by atoms with E-state index in [1.54, 1.807) is 26.6 Å². The Labute approximate surface area is 340 Å². The van der Waals surface area contributed by atoms with Gasteiger partial charge in [0.1, 0.15) is 11.5 Å². The Balaban J connectivity index is 0.000000203. The van der Waals surface area contributed by atoms with E-state index < -0.39 is 0 Å². The number of nitrogens with two attached hydrogens (primary N) is 1. The Hall–Kier alpha value is -4.71. The minimum atomic E-state index is -0.228. The van der Waals surface area contributed by atoms with Gasteiger partial charge in [-0.3, -0.25) is 24.6 Å². The molecule has 0 spiro atoms. The third-order valence-electron chi connectivity index (χ3n) is 11.8. The van der Waals surface area contributed by atoms with Crippen LogP contribution in [0.15, 0.2) is 97.6 Å². The maximum absolute atomic E-state index is 13.3. The van der Waals surface area contributed by atoms with E-state index in [2.05, 4.69) is 78.2 Å². The summed E-state index contributed by atoms with van der Waals surface area (Å²) in [5, 5.41) is 3.44. The van der Waals surface area contributed by atoms with E-state index in [9.17, 15) is 4.79 Å². The highest BCUT2D eigenvalue weighted by Crippen LogP contribution is 2.36. The molecule has 0 unspecified atom stereocenters. The number of anilines is 2. The molecule has 7 rings (SSSR count). The van der Waals surface area contributed by atoms with Crippen LogP contribution >= 0.6 is 0 Å². The average molecular weight is 777 g/mol. The first-order chi connectivity index (χ1) is 27.8. The fraction of sp³-hybridized carbons (Fsp3) is 0.500. The molecule has 2 atom stereocenters. The summed E-state index contributed by atoms with van der Waals surface area (Å²) in [4.78, 5) is 31.5. The number of para-hydroxylation sites is 4. The lowest BCUT2D eigenvalue weighted by molar-refractivity contribution is -0.132. The van der Waals surface area contributed by atoms with Crippen molar-refractivity contribution in [3.8, 4) is 11.5 Å². The summed E-state index contributed by atoms with van der Waals surface area (Å²) in [6, 6.07) is 24.8. The van der Waals surface area contributed by atoms with Crippen molar-refractivity contribution < 1.29 is 14.3 Å². The second kappa shape index (κ2) is 21.2. The van der Waals surface area contributed by atoms with Crippen molar-refractivity contribution in [3.63, 3.8) is 0 Å². The molecule has 1 saturated carbocycles. The summed E-state index contributed by atoms with van der Waals surface area (Å²) in [6.07, 6.45) is 14.7. The predicted molar refractivity (Wildman–Crippen MR) is 230 cm³/mol. The van der Waals surface area contributed by atoms with Crippen LogP contribution in [0.25, 0.3) is 0 Å². The minimum Gasteiger partial charge on any atom is -0.495 e. The number of nitrogens with one attached hydrogen (secondary N) is 1. The largest absolute Gasteiger partial charge is 0.495 e. The number of rotatable bonds is 14. The Morgan fingerprint density at radius 3 is 1.67 bits per heavy atom. The molecule has 2 saturated heterocycles. The number of hydrogen-bond donors (Lipinski definition) is 2. The smallest absolute Gasteiger partial charge is 0.226 e. The molecule has 57 heavy (non-hydrogen) atoms. The number of benzene rings is 2. The molecule has 4 heterocycles. The lowest BCUT2D eigenvalue weighted by Gasteiger charge is -2.39. The summed E-state index contributed by atoms with van der Waals surface area (Å²) < 4.78 is 11.0. The number of methoxy groups -OCH3 is 2. The summed E-state index contributed by atoms with van der Waals surface area (Å²) in [5.41, 5.74) is 10.8. The molecule has 3 fully saturated rings. The van der Waals surface area contributed by atoms with E-state index >= 15 is 0 Å². The first kappa shape index (κ1) is 41.9. The molecular formula is C46H64N8O3. The van der Waals surface area contributed by atoms with E-state index in [1.165, 1.54) is 23.2 Å². The first-order valence-corrected chi connectivity index (χ1v) is 20.9. The zero-order valence-corrected chi connectivity index (χ0v) is 34.4. The lowest BCUT2D eigenvalue weighted by Crippen LogP contribution is -2.54. The predicted octanol–water partition coefficient (Wildman–Crippen LogP) is 5.69. The van der Waals surface area contributed by atoms with Gasteiger partial charge < -0.3 is 30.3 Å². The van der Waals surface area contributed by atoms with Crippen LogP contribution in [0.4, 0.5) is 11.4 Å². The van der Waals surface area contributed by atoms with Crippen LogP contribution < -0.4 is 30.3 Å². The lowest BCUT2D eigenvalue weighted by atomic mass is 9.75. The number of nitrogens with zero attached hydrogens (tertiary/aromatic N) is 6. The average Bonchev–Trinajstić information content (AvgIpc) is 3.25. The van der Waals surface area contributed by atoms with Gasteiger partial charge in [-0.15, -0.1) is 0 Å². The van der Waals surface area contributed by atoms with Crippen molar-refractivity contribution >= 4 is 17.3 Å². The summed E-state index contributed by atoms with van der Waals surface area (Å²) in [5.74, 6) is 2.09. The molecule has 1 amide bonds. The topological polar surface area (TPSA) is 112 Å². The van der Waals surface area contributed by atoms with Gasteiger partial charge in [0.15, 0.2) is 0 Å². The second-order valence-corrected chi connectivity index (χ2v) is 16.1. The van der Waals surface area contributed by atoms with Gasteiger partial charge in [0.05, 0.1) is 25.6 Å². The molecule has 4 aromatic rings. The van der Waals surface area contributed by atoms with Crippen LogP contribution in [0.5, 0.6) is 11.5 Å². The van der Waals surface area contributed by atoms with Gasteiger partial charge in [0.2, 0.25) is 5.91 Å². The maximum atomic E-state index is 13.3. The van der Waals surface area contributed by atoms with Gasteiger partial charge in [-0.1, -0.05) is 62.6 Å². The van der Waals surface area contributed by atoms with E-state index in [1.807, 2.05) is 48.8 Å². The molecule has 1 aliphatic carbocycles. The quantitative estimate of drug-likeness (QED) is 0.166. The number of piperazine rings is 2. The molecule has 3 aliphatic rings. The number of carbonyl (C=O) groups excluding carboxylic acids is 1. The van der Waals surface area contributed by atoms with Crippen molar-refractivity contribution in [2.24, 2.45) is 11.1 Å². The molecular weight excluding hydrogens is 713 g/mol. The van der Waals surface area contributed by atoms with Crippen LogP contribution in [0, 0.1) is 5.41 Å². The molecule has 11 heteroatoms. The van der Waals surface area contributed by atoms with Gasteiger partial charge in [0, 0.05) is 108 Å². The Kier molecular flexibility index (Phi) is 15.6. The highest BCUT2D eigenvalue weighted by atomic mass is 16.5. The first-order valence-electron chi connectivity index (χ1n) is 20.9. The molecule has 11 nitrogen and oxygen atoms in total. The van der Waals surface area contributed by atoms with E-state index in [4.69, 9.17) is 15.2 Å². The van der Waals surface area contributed by atoms with Crippen molar-refractivity contribution in [2.45, 2.75) is 64.0 Å².